The summed E-state index contributed by atoms with van der Waals surface area (Å²) in [6.07, 6.45) is 3.61. The monoisotopic (exact) mass is 392 g/mol. The molecular weight excluding hydrogens is 368 g/mol. The van der Waals surface area contributed by atoms with Gasteiger partial charge >= 0.3 is 5.69 Å². The molecule has 150 valence electrons. The summed E-state index contributed by atoms with van der Waals surface area (Å²) in [5, 5.41) is 6.46. The molecule has 0 radical (unpaired) electrons. The fourth-order valence-corrected chi connectivity index (χ4v) is 3.68. The van der Waals surface area contributed by atoms with E-state index in [9.17, 15) is 9.59 Å². The molecule has 8 heteroatoms. The molecule has 1 aromatic carbocycles. The van der Waals surface area contributed by atoms with Crippen molar-refractivity contribution in [2.45, 2.75) is 40.4 Å². The molecule has 0 atom stereocenters. The molecule has 0 saturated heterocycles. The van der Waals surface area contributed by atoms with Gasteiger partial charge in [0, 0.05) is 13.6 Å². The summed E-state index contributed by atoms with van der Waals surface area (Å²) >= 11 is 0. The Morgan fingerprint density at radius 1 is 1.21 bits per heavy atom. The van der Waals surface area contributed by atoms with E-state index in [1.165, 1.54) is 14.7 Å². The number of hydrogen-bond donors (Lipinski definition) is 0. The highest BCUT2D eigenvalue weighted by Crippen LogP contribution is 2.25. The summed E-state index contributed by atoms with van der Waals surface area (Å²) in [5.41, 5.74) is 3.24. The van der Waals surface area contributed by atoms with Crippen LogP contribution in [0.5, 0.6) is 0 Å². The zero-order valence-electron chi connectivity index (χ0n) is 17.1. The number of aryl methyl sites for hydroxylation is 2. The Morgan fingerprint density at radius 2 is 2.00 bits per heavy atom. The smallest absolute Gasteiger partial charge is 0.297 e. The number of rotatable bonds is 4. The molecule has 0 N–H and O–H groups in total. The Balaban J connectivity index is 1.90. The Hall–Kier alpha value is -3.42. The van der Waals surface area contributed by atoms with Gasteiger partial charge in [0.15, 0.2) is 11.2 Å². The first kappa shape index (κ1) is 18.9. The van der Waals surface area contributed by atoms with Crippen molar-refractivity contribution in [3.63, 3.8) is 0 Å². The molecule has 0 fully saturated rings. The minimum Gasteiger partial charge on any atom is -0.297 e. The van der Waals surface area contributed by atoms with Gasteiger partial charge in [0.1, 0.15) is 0 Å². The first-order valence-corrected chi connectivity index (χ1v) is 9.59. The lowest BCUT2D eigenvalue weighted by molar-refractivity contribution is 0.662. The Morgan fingerprint density at radius 3 is 2.72 bits per heavy atom. The van der Waals surface area contributed by atoms with Crippen molar-refractivity contribution in [2.75, 3.05) is 5.01 Å². The number of allylic oxidation sites excluding steroid dienone is 2. The van der Waals surface area contributed by atoms with Gasteiger partial charge in [-0.1, -0.05) is 42.0 Å². The number of aromatic nitrogens is 4. The van der Waals surface area contributed by atoms with Crippen molar-refractivity contribution in [1.29, 1.82) is 0 Å². The van der Waals surface area contributed by atoms with E-state index < -0.39 is 0 Å². The fraction of sp³-hybridized carbons (Fsp3) is 0.333. The Kier molecular flexibility index (Phi) is 4.70. The highest BCUT2D eigenvalue weighted by Gasteiger charge is 2.26. The minimum absolute atomic E-state index is 0.235. The summed E-state index contributed by atoms with van der Waals surface area (Å²) in [4.78, 5) is 30.5. The lowest BCUT2D eigenvalue weighted by atomic mass is 10.1. The van der Waals surface area contributed by atoms with Gasteiger partial charge in [-0.15, -0.1) is 0 Å². The number of anilines is 1. The van der Waals surface area contributed by atoms with Gasteiger partial charge in [0.25, 0.3) is 5.56 Å². The predicted octanol–water partition coefficient (Wildman–Crippen LogP) is 2.18. The molecular formula is C21H24N6O2. The van der Waals surface area contributed by atoms with Crippen molar-refractivity contribution in [1.82, 2.24) is 18.7 Å². The van der Waals surface area contributed by atoms with Crippen LogP contribution in [0.25, 0.3) is 11.2 Å². The third-order valence-corrected chi connectivity index (χ3v) is 5.06. The van der Waals surface area contributed by atoms with Crippen LogP contribution in [-0.4, -0.2) is 24.4 Å². The first-order valence-electron chi connectivity index (χ1n) is 9.59. The number of hydrogen-bond acceptors (Lipinski definition) is 5. The van der Waals surface area contributed by atoms with Crippen molar-refractivity contribution in [3.05, 3.63) is 68.4 Å². The van der Waals surface area contributed by atoms with Crippen LogP contribution in [0.15, 0.2) is 51.1 Å². The molecule has 3 aromatic rings. The van der Waals surface area contributed by atoms with Crippen molar-refractivity contribution < 1.29 is 0 Å². The molecule has 3 heterocycles. The summed E-state index contributed by atoms with van der Waals surface area (Å²) in [6.45, 7) is 7.07. The molecule has 0 amide bonds. The van der Waals surface area contributed by atoms with E-state index in [0.29, 0.717) is 30.2 Å². The maximum atomic E-state index is 13.2. The topological polar surface area (TPSA) is 77.4 Å². The van der Waals surface area contributed by atoms with E-state index in [-0.39, 0.29) is 17.8 Å². The molecule has 1 aliphatic rings. The van der Waals surface area contributed by atoms with E-state index in [2.05, 4.69) is 16.2 Å². The van der Waals surface area contributed by atoms with Crippen LogP contribution in [0, 0.1) is 6.92 Å². The molecule has 0 bridgehead atoms. The molecule has 0 aliphatic carbocycles. The van der Waals surface area contributed by atoms with Gasteiger partial charge in [-0.05, 0) is 26.3 Å². The van der Waals surface area contributed by atoms with Gasteiger partial charge in [0.2, 0.25) is 5.95 Å². The predicted molar refractivity (Wildman–Crippen MR) is 115 cm³/mol. The molecule has 8 nitrogen and oxygen atoms in total. The van der Waals surface area contributed by atoms with Crippen LogP contribution in [-0.2, 0) is 26.7 Å². The summed E-state index contributed by atoms with van der Waals surface area (Å²) in [7, 11) is 1.65. The highest BCUT2D eigenvalue weighted by atomic mass is 16.2. The van der Waals surface area contributed by atoms with E-state index in [1.807, 2.05) is 49.6 Å². The van der Waals surface area contributed by atoms with Crippen LogP contribution >= 0.6 is 0 Å². The molecule has 0 saturated carbocycles. The summed E-state index contributed by atoms with van der Waals surface area (Å²) < 4.78 is 4.54. The second-order valence-electron chi connectivity index (χ2n) is 7.38. The molecule has 29 heavy (non-hydrogen) atoms. The third-order valence-electron chi connectivity index (χ3n) is 5.06. The lowest BCUT2D eigenvalue weighted by Gasteiger charge is -2.25. The van der Waals surface area contributed by atoms with Gasteiger partial charge < -0.3 is 0 Å². The van der Waals surface area contributed by atoms with E-state index >= 15 is 0 Å². The van der Waals surface area contributed by atoms with E-state index in [4.69, 9.17) is 0 Å². The average Bonchev–Trinajstić information content (AvgIpc) is 3.06. The molecule has 4 rings (SSSR count). The van der Waals surface area contributed by atoms with E-state index in [1.54, 1.807) is 18.1 Å². The number of imidazole rings is 1. The minimum atomic E-state index is -0.376. The summed E-state index contributed by atoms with van der Waals surface area (Å²) in [6, 6.07) is 8.20. The standard InChI is InChI=1S/C21H24N6O2/c1-5-6-10-25-19(28)17-18(24(4)21(25)29)22-20-26(17)12-15(3)23-27(20)13-16-9-7-8-14(2)11-16/h5-9,11H,10,12-13H2,1-4H3/b6-5+. The van der Waals surface area contributed by atoms with Gasteiger partial charge in [-0.3, -0.25) is 18.5 Å². The molecule has 0 unspecified atom stereocenters. The van der Waals surface area contributed by atoms with Crippen LogP contribution in [0.1, 0.15) is 25.0 Å². The molecule has 1 aliphatic heterocycles. The second-order valence-corrected chi connectivity index (χ2v) is 7.38. The number of fused-ring (bicyclic) bond motifs is 3. The third kappa shape index (κ3) is 3.20. The normalized spacial score (nSPS) is 13.9. The Labute approximate surface area is 168 Å². The SMILES string of the molecule is C/C=C/Cn1c(=O)c2c(nc3n2CC(C)=NN3Cc2cccc(C)c2)n(C)c1=O. The zero-order valence-corrected chi connectivity index (χ0v) is 17.1. The van der Waals surface area contributed by atoms with Crippen molar-refractivity contribution in [2.24, 2.45) is 12.1 Å². The fourth-order valence-electron chi connectivity index (χ4n) is 3.68. The number of benzene rings is 1. The molecule has 0 spiro atoms. The second kappa shape index (κ2) is 7.20. The molecule has 2 aromatic heterocycles. The zero-order chi connectivity index (χ0) is 20.7. The van der Waals surface area contributed by atoms with Crippen LogP contribution in [0.4, 0.5) is 5.95 Å². The highest BCUT2D eigenvalue weighted by molar-refractivity contribution is 5.87. The first-order chi connectivity index (χ1) is 13.9. The number of nitrogens with zero attached hydrogens (tertiary/aromatic N) is 6. The maximum Gasteiger partial charge on any atom is 0.332 e. The van der Waals surface area contributed by atoms with Gasteiger partial charge in [-0.2, -0.15) is 10.1 Å². The largest absolute Gasteiger partial charge is 0.332 e. The van der Waals surface area contributed by atoms with Crippen LogP contribution in [0.3, 0.4) is 0 Å². The van der Waals surface area contributed by atoms with Gasteiger partial charge in [0.05, 0.1) is 18.8 Å². The lowest BCUT2D eigenvalue weighted by Crippen LogP contribution is -2.39. The van der Waals surface area contributed by atoms with Gasteiger partial charge in [-0.25, -0.2) is 9.80 Å². The van der Waals surface area contributed by atoms with Crippen LogP contribution in [0.2, 0.25) is 0 Å². The summed E-state index contributed by atoms with van der Waals surface area (Å²) in [5.74, 6) is 0.572. The van der Waals surface area contributed by atoms with Crippen LogP contribution < -0.4 is 16.3 Å². The Bertz CT molecular complexity index is 1270. The quantitative estimate of drug-likeness (QED) is 0.638. The van der Waals surface area contributed by atoms with Crippen molar-refractivity contribution in [3.8, 4) is 0 Å². The number of hydrazone groups is 1. The van der Waals surface area contributed by atoms with E-state index in [0.717, 1.165) is 11.3 Å². The van der Waals surface area contributed by atoms with Crippen molar-refractivity contribution >= 4 is 22.8 Å². The maximum absolute atomic E-state index is 13.2. The average molecular weight is 392 g/mol.